The molecule has 1 aliphatic rings. The fourth-order valence-corrected chi connectivity index (χ4v) is 4.66. The molecule has 0 spiro atoms. The van der Waals surface area contributed by atoms with Crippen molar-refractivity contribution in [1.82, 2.24) is 0 Å². The van der Waals surface area contributed by atoms with Gasteiger partial charge in [-0.25, -0.2) is 4.79 Å². The van der Waals surface area contributed by atoms with Crippen molar-refractivity contribution < 1.29 is 49.0 Å². The van der Waals surface area contributed by atoms with Gasteiger partial charge in [-0.05, 0) is 52.0 Å². The molecular weight excluding hydrogens is 520 g/mol. The SMILES string of the molecule is C=C([C@H]1[C@H](O)[C@H](OC(=O)/C(C)=C\C)[C@@](C)(O)[C@@H](OC(C)=O)[C@H]1OCC(C)C)[C@H](O)C[C@H](OCC(C)C)C(C)(C)O. The van der Waals surface area contributed by atoms with Gasteiger partial charge >= 0.3 is 11.9 Å². The highest BCUT2D eigenvalue weighted by molar-refractivity contribution is 5.87. The molecule has 40 heavy (non-hydrogen) atoms. The van der Waals surface area contributed by atoms with Crippen LogP contribution in [0.25, 0.3) is 0 Å². The van der Waals surface area contributed by atoms with Crippen LogP contribution in [0.4, 0.5) is 0 Å². The highest BCUT2D eigenvalue weighted by Gasteiger charge is 2.61. The molecule has 0 aromatic rings. The first-order valence-electron chi connectivity index (χ1n) is 14.0. The quantitative estimate of drug-likeness (QED) is 0.139. The lowest BCUT2D eigenvalue weighted by Crippen LogP contribution is -2.70. The van der Waals surface area contributed by atoms with Gasteiger partial charge in [0, 0.05) is 38.0 Å². The standard InChI is InChI=1S/C30H52O10/c1-12-18(6)28(34)40-26-24(33)23(19(7)21(32)13-22(29(9,10)35)37-14-16(2)3)25(38-15-17(4)5)27(30(26,11)36)39-20(8)31/h12,16-17,21-27,32-33,35-36H,7,13-15H2,1-6,8-11H3/b18-12-/t21-,22+,23+,24+,25+,26+,27+,30-/m1/s1. The Kier molecular flexibility index (Phi) is 13.5. The highest BCUT2D eigenvalue weighted by atomic mass is 16.6. The number of aliphatic hydroxyl groups excluding tert-OH is 2. The van der Waals surface area contributed by atoms with Gasteiger partial charge < -0.3 is 39.4 Å². The zero-order valence-electron chi connectivity index (χ0n) is 25.8. The number of carbonyl (C=O) groups is 2. The summed E-state index contributed by atoms with van der Waals surface area (Å²) in [7, 11) is 0. The Bertz CT molecular complexity index is 885. The molecule has 0 unspecified atom stereocenters. The molecule has 10 heteroatoms. The Morgan fingerprint density at radius 1 is 1.05 bits per heavy atom. The number of hydrogen-bond donors (Lipinski definition) is 4. The van der Waals surface area contributed by atoms with Crippen LogP contribution in [0.2, 0.25) is 0 Å². The predicted molar refractivity (Wildman–Crippen MR) is 150 cm³/mol. The van der Waals surface area contributed by atoms with Gasteiger partial charge in [-0.1, -0.05) is 40.3 Å². The van der Waals surface area contributed by atoms with Crippen LogP contribution in [0, 0.1) is 17.8 Å². The fourth-order valence-electron chi connectivity index (χ4n) is 4.66. The first kappa shape index (κ1) is 36.2. The fraction of sp³-hybridized carbons (Fsp3) is 0.800. The van der Waals surface area contributed by atoms with E-state index in [0.717, 1.165) is 0 Å². The Morgan fingerprint density at radius 2 is 1.60 bits per heavy atom. The maximum atomic E-state index is 12.7. The molecule has 1 fully saturated rings. The van der Waals surface area contributed by atoms with Crippen molar-refractivity contribution in [1.29, 1.82) is 0 Å². The van der Waals surface area contributed by atoms with E-state index >= 15 is 0 Å². The van der Waals surface area contributed by atoms with Crippen LogP contribution < -0.4 is 0 Å². The van der Waals surface area contributed by atoms with Crippen molar-refractivity contribution in [2.24, 2.45) is 17.8 Å². The molecule has 0 bridgehead atoms. The number of ether oxygens (including phenoxy) is 4. The summed E-state index contributed by atoms with van der Waals surface area (Å²) >= 11 is 0. The highest BCUT2D eigenvalue weighted by Crippen LogP contribution is 2.43. The Labute approximate surface area is 239 Å². The molecule has 1 aliphatic carbocycles. The lowest BCUT2D eigenvalue weighted by molar-refractivity contribution is -0.265. The molecule has 232 valence electrons. The normalized spacial score (nSPS) is 29.3. The molecule has 1 rings (SSSR count). The maximum Gasteiger partial charge on any atom is 0.333 e. The van der Waals surface area contributed by atoms with Gasteiger partial charge in [-0.3, -0.25) is 4.79 Å². The summed E-state index contributed by atoms with van der Waals surface area (Å²) in [4.78, 5) is 24.9. The minimum absolute atomic E-state index is 0.0378. The average molecular weight is 573 g/mol. The number of rotatable bonds is 14. The van der Waals surface area contributed by atoms with Gasteiger partial charge in [-0.15, -0.1) is 0 Å². The Hall–Kier alpha value is -1.82. The average Bonchev–Trinajstić information content (AvgIpc) is 2.82. The third-order valence-corrected chi connectivity index (χ3v) is 7.10. The molecule has 0 heterocycles. The number of carbonyl (C=O) groups excluding carboxylic acids is 2. The molecule has 0 saturated heterocycles. The zero-order chi connectivity index (χ0) is 31.2. The largest absolute Gasteiger partial charge is 0.457 e. The minimum atomic E-state index is -2.06. The number of allylic oxidation sites excluding steroid dienone is 1. The van der Waals surface area contributed by atoms with Gasteiger partial charge in [0.2, 0.25) is 0 Å². The number of aliphatic hydroxyl groups is 4. The molecule has 1 saturated carbocycles. The predicted octanol–water partition coefficient (Wildman–Crippen LogP) is 2.70. The number of hydrogen-bond acceptors (Lipinski definition) is 10. The van der Waals surface area contributed by atoms with Crippen LogP contribution in [0.15, 0.2) is 23.8 Å². The van der Waals surface area contributed by atoms with Gasteiger partial charge in [0.05, 0.1) is 17.8 Å². The first-order chi connectivity index (χ1) is 18.2. The van der Waals surface area contributed by atoms with Crippen molar-refractivity contribution in [3.63, 3.8) is 0 Å². The van der Waals surface area contributed by atoms with Crippen LogP contribution in [-0.4, -0.2) is 93.4 Å². The van der Waals surface area contributed by atoms with Crippen LogP contribution in [0.3, 0.4) is 0 Å². The van der Waals surface area contributed by atoms with Crippen LogP contribution in [0.5, 0.6) is 0 Å². The topological polar surface area (TPSA) is 152 Å². The summed E-state index contributed by atoms with van der Waals surface area (Å²) in [6.45, 7) is 21.1. The van der Waals surface area contributed by atoms with Gasteiger partial charge in [0.1, 0.15) is 17.8 Å². The summed E-state index contributed by atoms with van der Waals surface area (Å²) in [5.41, 5.74) is -3.02. The van der Waals surface area contributed by atoms with E-state index < -0.39 is 65.7 Å². The second-order valence-electron chi connectivity index (χ2n) is 12.5. The van der Waals surface area contributed by atoms with E-state index in [2.05, 4.69) is 6.58 Å². The molecule has 0 aromatic heterocycles. The van der Waals surface area contributed by atoms with E-state index in [9.17, 15) is 30.0 Å². The molecule has 0 amide bonds. The van der Waals surface area contributed by atoms with Gasteiger partial charge in [0.15, 0.2) is 12.2 Å². The van der Waals surface area contributed by atoms with Crippen molar-refractivity contribution in [3.05, 3.63) is 23.8 Å². The Morgan fingerprint density at radius 3 is 2.05 bits per heavy atom. The summed E-state index contributed by atoms with van der Waals surface area (Å²) in [6, 6.07) is 0. The number of esters is 2. The van der Waals surface area contributed by atoms with Crippen molar-refractivity contribution in [3.8, 4) is 0 Å². The molecule has 4 N–H and O–H groups in total. The van der Waals surface area contributed by atoms with Crippen LogP contribution in [-0.2, 0) is 28.5 Å². The molecular formula is C30H52O10. The molecule has 0 aliphatic heterocycles. The molecule has 8 atom stereocenters. The molecule has 0 aromatic carbocycles. The zero-order valence-corrected chi connectivity index (χ0v) is 25.8. The van der Waals surface area contributed by atoms with Gasteiger partial charge in [0.25, 0.3) is 0 Å². The summed E-state index contributed by atoms with van der Waals surface area (Å²) < 4.78 is 23.1. The second kappa shape index (κ2) is 14.9. The Balaban J connectivity index is 3.58. The minimum Gasteiger partial charge on any atom is -0.457 e. The second-order valence-corrected chi connectivity index (χ2v) is 12.5. The van der Waals surface area contributed by atoms with Crippen LogP contribution >= 0.6 is 0 Å². The van der Waals surface area contributed by atoms with E-state index in [1.165, 1.54) is 26.8 Å². The summed E-state index contributed by atoms with van der Waals surface area (Å²) in [6.07, 6.45) is -6.30. The maximum absolute atomic E-state index is 12.7. The van der Waals surface area contributed by atoms with E-state index in [0.29, 0.717) is 6.61 Å². The van der Waals surface area contributed by atoms with Gasteiger partial charge in [-0.2, -0.15) is 0 Å². The molecule has 0 radical (unpaired) electrons. The summed E-state index contributed by atoms with van der Waals surface area (Å²) in [5.74, 6) is -2.40. The van der Waals surface area contributed by atoms with Crippen molar-refractivity contribution in [2.45, 2.75) is 123 Å². The van der Waals surface area contributed by atoms with E-state index in [-0.39, 0.29) is 36.0 Å². The van der Waals surface area contributed by atoms with Crippen molar-refractivity contribution >= 4 is 11.9 Å². The molecule has 10 nitrogen and oxygen atoms in total. The van der Waals surface area contributed by atoms with Crippen molar-refractivity contribution in [2.75, 3.05) is 13.2 Å². The lowest BCUT2D eigenvalue weighted by Gasteiger charge is -2.52. The van der Waals surface area contributed by atoms with E-state index in [1.807, 2.05) is 27.7 Å². The smallest absolute Gasteiger partial charge is 0.333 e. The van der Waals surface area contributed by atoms with E-state index in [1.54, 1.807) is 20.8 Å². The lowest BCUT2D eigenvalue weighted by atomic mass is 9.67. The summed E-state index contributed by atoms with van der Waals surface area (Å²) in [5, 5.41) is 45.3. The van der Waals surface area contributed by atoms with E-state index in [4.69, 9.17) is 18.9 Å². The monoisotopic (exact) mass is 572 g/mol. The third-order valence-electron chi connectivity index (χ3n) is 7.10. The van der Waals surface area contributed by atoms with Crippen LogP contribution in [0.1, 0.15) is 75.7 Å². The first-order valence-corrected chi connectivity index (χ1v) is 14.0. The third kappa shape index (κ3) is 9.63.